The Labute approximate surface area is 155 Å². The Kier molecular flexibility index (Phi) is 3.95. The number of rotatable bonds is 4. The fourth-order valence-electron chi connectivity index (χ4n) is 2.99. The van der Waals surface area contributed by atoms with Crippen molar-refractivity contribution in [2.75, 3.05) is 0 Å². The number of nitrogens with one attached hydrogen (secondary N) is 1. The third kappa shape index (κ3) is 2.95. The maximum atomic E-state index is 12.9. The molecule has 1 fully saturated rings. The number of carbonyl (C=O) groups is 2. The van der Waals surface area contributed by atoms with Gasteiger partial charge in [0.1, 0.15) is 12.1 Å². The summed E-state index contributed by atoms with van der Waals surface area (Å²) in [6.07, 6.45) is 3.25. The Morgan fingerprint density at radius 1 is 1.19 bits per heavy atom. The zero-order valence-electron chi connectivity index (χ0n) is 14.8. The maximum Gasteiger partial charge on any atom is 0.325 e. The van der Waals surface area contributed by atoms with E-state index in [-0.39, 0.29) is 18.3 Å². The van der Waals surface area contributed by atoms with E-state index in [2.05, 4.69) is 20.4 Å². The highest BCUT2D eigenvalue weighted by Gasteiger charge is 2.49. The molecule has 3 aromatic rings. The lowest BCUT2D eigenvalue weighted by Crippen LogP contribution is -2.40. The molecule has 0 spiro atoms. The van der Waals surface area contributed by atoms with Gasteiger partial charge in [0.2, 0.25) is 11.7 Å². The Morgan fingerprint density at radius 2 is 1.96 bits per heavy atom. The summed E-state index contributed by atoms with van der Waals surface area (Å²) in [5.41, 5.74) is 1.35. The third-order valence-corrected chi connectivity index (χ3v) is 4.59. The van der Waals surface area contributed by atoms with Crippen LogP contribution < -0.4 is 5.32 Å². The molecule has 0 bridgehead atoms. The predicted octanol–water partition coefficient (Wildman–Crippen LogP) is 2.41. The lowest BCUT2D eigenvalue weighted by Gasteiger charge is -2.22. The zero-order valence-corrected chi connectivity index (χ0v) is 14.8. The number of imide groups is 1. The average Bonchev–Trinajstić information content (AvgIpc) is 3.22. The molecule has 1 unspecified atom stereocenters. The minimum absolute atomic E-state index is 0.0978. The van der Waals surface area contributed by atoms with E-state index in [0.29, 0.717) is 11.4 Å². The maximum absolute atomic E-state index is 12.9. The number of amides is 3. The quantitative estimate of drug-likeness (QED) is 0.714. The summed E-state index contributed by atoms with van der Waals surface area (Å²) in [6.45, 7) is 3.55. The van der Waals surface area contributed by atoms with Gasteiger partial charge in [0, 0.05) is 18.0 Å². The molecular weight excluding hydrogens is 346 g/mol. The van der Waals surface area contributed by atoms with Gasteiger partial charge in [0.15, 0.2) is 0 Å². The van der Waals surface area contributed by atoms with Gasteiger partial charge in [-0.05, 0) is 31.5 Å². The van der Waals surface area contributed by atoms with Crippen LogP contribution in [0, 0.1) is 6.92 Å². The SMILES string of the molecule is Cc1ccc(C2(C)NC(=O)N(Cc3nc(-c4cccnc4)no3)C2=O)cc1. The summed E-state index contributed by atoms with van der Waals surface area (Å²) in [5.74, 6) is 0.162. The highest BCUT2D eigenvalue weighted by atomic mass is 16.5. The van der Waals surface area contributed by atoms with Gasteiger partial charge in [-0.3, -0.25) is 14.7 Å². The van der Waals surface area contributed by atoms with Crippen molar-refractivity contribution in [2.45, 2.75) is 25.9 Å². The standard InChI is InChI=1S/C19H17N5O3/c1-12-5-7-14(8-6-12)19(2)17(25)24(18(26)22-19)11-15-21-16(23-27-15)13-4-3-9-20-10-13/h3-10H,11H2,1-2H3,(H,22,26). The second-order valence-corrected chi connectivity index (χ2v) is 6.57. The molecule has 3 heterocycles. The molecule has 0 radical (unpaired) electrons. The predicted molar refractivity (Wildman–Crippen MR) is 95.1 cm³/mol. The van der Waals surface area contributed by atoms with Gasteiger partial charge >= 0.3 is 6.03 Å². The number of aromatic nitrogens is 3. The van der Waals surface area contributed by atoms with Crippen molar-refractivity contribution < 1.29 is 14.1 Å². The molecule has 1 N–H and O–H groups in total. The lowest BCUT2D eigenvalue weighted by atomic mass is 9.91. The molecule has 1 aliphatic heterocycles. The van der Waals surface area contributed by atoms with E-state index in [4.69, 9.17) is 4.52 Å². The zero-order chi connectivity index (χ0) is 19.0. The van der Waals surface area contributed by atoms with Crippen molar-refractivity contribution in [1.29, 1.82) is 0 Å². The molecule has 27 heavy (non-hydrogen) atoms. The molecule has 1 saturated heterocycles. The lowest BCUT2D eigenvalue weighted by molar-refractivity contribution is -0.131. The number of hydrogen-bond donors (Lipinski definition) is 1. The first kappa shape index (κ1) is 16.9. The minimum Gasteiger partial charge on any atom is -0.337 e. The van der Waals surface area contributed by atoms with Crippen LogP contribution in [-0.2, 0) is 16.9 Å². The normalized spacial score (nSPS) is 19.4. The molecule has 136 valence electrons. The first-order chi connectivity index (χ1) is 13.0. The fourth-order valence-corrected chi connectivity index (χ4v) is 2.99. The van der Waals surface area contributed by atoms with Gasteiger partial charge in [0.05, 0.1) is 0 Å². The molecular formula is C19H17N5O3. The molecule has 8 nitrogen and oxygen atoms in total. The highest BCUT2D eigenvalue weighted by Crippen LogP contribution is 2.30. The van der Waals surface area contributed by atoms with Crippen LogP contribution in [0.1, 0.15) is 23.9 Å². The molecule has 4 rings (SSSR count). The van der Waals surface area contributed by atoms with Crippen LogP contribution in [0.25, 0.3) is 11.4 Å². The third-order valence-electron chi connectivity index (χ3n) is 4.59. The summed E-state index contributed by atoms with van der Waals surface area (Å²) in [4.78, 5) is 34.7. The van der Waals surface area contributed by atoms with Crippen LogP contribution in [0.4, 0.5) is 4.79 Å². The summed E-state index contributed by atoms with van der Waals surface area (Å²) >= 11 is 0. The largest absolute Gasteiger partial charge is 0.337 e. The molecule has 1 aromatic carbocycles. The highest BCUT2D eigenvalue weighted by molar-refractivity contribution is 6.07. The number of benzene rings is 1. The monoisotopic (exact) mass is 363 g/mol. The van der Waals surface area contributed by atoms with E-state index < -0.39 is 11.6 Å². The van der Waals surface area contributed by atoms with Crippen molar-refractivity contribution >= 4 is 11.9 Å². The van der Waals surface area contributed by atoms with E-state index in [1.54, 1.807) is 31.5 Å². The van der Waals surface area contributed by atoms with Gasteiger partial charge in [-0.25, -0.2) is 4.79 Å². The molecule has 0 saturated carbocycles. The van der Waals surface area contributed by atoms with Crippen LogP contribution in [0.5, 0.6) is 0 Å². The molecule has 1 atom stereocenters. The van der Waals surface area contributed by atoms with Crippen LogP contribution in [-0.4, -0.2) is 32.0 Å². The Hall–Kier alpha value is -3.55. The molecule has 3 amide bonds. The minimum atomic E-state index is -1.13. The van der Waals surface area contributed by atoms with Crippen LogP contribution in [0.15, 0.2) is 53.3 Å². The molecule has 2 aromatic heterocycles. The van der Waals surface area contributed by atoms with Crippen molar-refractivity contribution in [3.63, 3.8) is 0 Å². The van der Waals surface area contributed by atoms with Crippen molar-refractivity contribution in [2.24, 2.45) is 0 Å². The fraction of sp³-hybridized carbons (Fsp3) is 0.211. The number of nitrogens with zero attached hydrogens (tertiary/aromatic N) is 4. The van der Waals surface area contributed by atoms with Gasteiger partial charge in [0.25, 0.3) is 5.91 Å². The number of aryl methyl sites for hydroxylation is 1. The summed E-state index contributed by atoms with van der Waals surface area (Å²) < 4.78 is 5.20. The second-order valence-electron chi connectivity index (χ2n) is 6.57. The summed E-state index contributed by atoms with van der Waals surface area (Å²) in [6, 6.07) is 10.5. The number of hydrogen-bond acceptors (Lipinski definition) is 6. The number of urea groups is 1. The van der Waals surface area contributed by atoms with E-state index in [0.717, 1.165) is 16.0 Å². The molecule has 1 aliphatic rings. The van der Waals surface area contributed by atoms with Crippen LogP contribution in [0.2, 0.25) is 0 Å². The van der Waals surface area contributed by atoms with Gasteiger partial charge in [-0.1, -0.05) is 35.0 Å². The van der Waals surface area contributed by atoms with Crippen molar-refractivity contribution in [1.82, 2.24) is 25.3 Å². The number of carbonyl (C=O) groups excluding carboxylic acids is 2. The Morgan fingerprint density at radius 3 is 2.67 bits per heavy atom. The number of pyridine rings is 1. The topological polar surface area (TPSA) is 101 Å². The Bertz CT molecular complexity index is 1000. The van der Waals surface area contributed by atoms with Gasteiger partial charge in [-0.15, -0.1) is 0 Å². The van der Waals surface area contributed by atoms with E-state index in [1.165, 1.54) is 0 Å². The van der Waals surface area contributed by atoms with Gasteiger partial charge < -0.3 is 9.84 Å². The van der Waals surface area contributed by atoms with E-state index in [1.807, 2.05) is 31.2 Å². The van der Waals surface area contributed by atoms with E-state index >= 15 is 0 Å². The summed E-state index contributed by atoms with van der Waals surface area (Å²) in [7, 11) is 0. The van der Waals surface area contributed by atoms with Crippen LogP contribution in [0.3, 0.4) is 0 Å². The van der Waals surface area contributed by atoms with E-state index in [9.17, 15) is 9.59 Å². The molecule has 8 heteroatoms. The second kappa shape index (κ2) is 6.31. The smallest absolute Gasteiger partial charge is 0.325 e. The van der Waals surface area contributed by atoms with Crippen molar-refractivity contribution in [3.8, 4) is 11.4 Å². The van der Waals surface area contributed by atoms with Crippen LogP contribution >= 0.6 is 0 Å². The van der Waals surface area contributed by atoms with Crippen molar-refractivity contribution in [3.05, 3.63) is 65.8 Å². The molecule has 0 aliphatic carbocycles. The first-order valence-electron chi connectivity index (χ1n) is 8.41. The van der Waals surface area contributed by atoms with Gasteiger partial charge in [-0.2, -0.15) is 4.98 Å². The first-order valence-corrected chi connectivity index (χ1v) is 8.41. The Balaban J connectivity index is 1.56. The average molecular weight is 363 g/mol. The summed E-state index contributed by atoms with van der Waals surface area (Å²) in [5, 5.41) is 6.65.